The lowest BCUT2D eigenvalue weighted by Gasteiger charge is -2.28. The maximum atomic E-state index is 13.6. The zero-order valence-corrected chi connectivity index (χ0v) is 21.9. The van der Waals surface area contributed by atoms with E-state index < -0.39 is 12.0 Å². The SMILES string of the molecule is CCOC(=O)C[C@H](CSCCc1ccccc1)N[C@@H]1CCc2ccccc2N(CC(=O)OCC)C1=O. The summed E-state index contributed by atoms with van der Waals surface area (Å²) < 4.78 is 10.3. The number of nitrogens with zero attached hydrogens (tertiary/aromatic N) is 1. The summed E-state index contributed by atoms with van der Waals surface area (Å²) in [5.41, 5.74) is 3.02. The number of benzene rings is 2. The van der Waals surface area contributed by atoms with Crippen molar-refractivity contribution in [3.63, 3.8) is 0 Å². The first-order chi connectivity index (χ1) is 17.5. The van der Waals surface area contributed by atoms with Crippen LogP contribution in [0.3, 0.4) is 0 Å². The molecule has 1 amide bonds. The summed E-state index contributed by atoms with van der Waals surface area (Å²) in [6.45, 7) is 3.96. The second kappa shape index (κ2) is 14.7. The number of hydrogen-bond acceptors (Lipinski definition) is 7. The first kappa shape index (κ1) is 27.7. The number of aryl methyl sites for hydroxylation is 2. The molecule has 2 aromatic rings. The second-order valence-corrected chi connectivity index (χ2v) is 9.78. The van der Waals surface area contributed by atoms with Gasteiger partial charge >= 0.3 is 11.9 Å². The molecule has 194 valence electrons. The van der Waals surface area contributed by atoms with Gasteiger partial charge in [-0.1, -0.05) is 48.5 Å². The highest BCUT2D eigenvalue weighted by atomic mass is 32.2. The van der Waals surface area contributed by atoms with E-state index >= 15 is 0 Å². The number of amides is 1. The molecule has 0 saturated heterocycles. The van der Waals surface area contributed by atoms with Crippen molar-refractivity contribution in [3.8, 4) is 0 Å². The molecule has 7 nitrogen and oxygen atoms in total. The van der Waals surface area contributed by atoms with Gasteiger partial charge in [0.25, 0.3) is 0 Å². The number of hydrogen-bond donors (Lipinski definition) is 1. The fourth-order valence-corrected chi connectivity index (χ4v) is 5.35. The van der Waals surface area contributed by atoms with E-state index in [1.165, 1.54) is 10.5 Å². The number of rotatable bonds is 13. The molecule has 0 saturated carbocycles. The Kier molecular flexibility index (Phi) is 11.3. The number of fused-ring (bicyclic) bond motifs is 1. The predicted octanol–water partition coefficient (Wildman–Crippen LogP) is 3.78. The Labute approximate surface area is 217 Å². The second-order valence-electron chi connectivity index (χ2n) is 8.63. The van der Waals surface area contributed by atoms with Crippen LogP contribution < -0.4 is 10.2 Å². The fourth-order valence-electron chi connectivity index (χ4n) is 4.30. The molecule has 1 heterocycles. The molecule has 2 atom stereocenters. The first-order valence-electron chi connectivity index (χ1n) is 12.6. The average Bonchev–Trinajstić information content (AvgIpc) is 3.00. The van der Waals surface area contributed by atoms with Crippen molar-refractivity contribution in [2.45, 2.75) is 51.6 Å². The van der Waals surface area contributed by atoms with Crippen molar-refractivity contribution < 1.29 is 23.9 Å². The number of carbonyl (C=O) groups is 3. The van der Waals surface area contributed by atoms with Crippen molar-refractivity contribution >= 4 is 35.3 Å². The number of anilines is 1. The van der Waals surface area contributed by atoms with Crippen LogP contribution in [0.2, 0.25) is 0 Å². The molecule has 0 radical (unpaired) electrons. The number of ether oxygens (including phenoxy) is 2. The standard InChI is InChI=1S/C28H36N2O5S/c1-3-34-26(31)18-23(20-36-17-16-21-10-6-5-7-11-21)29-24-15-14-22-12-8-9-13-25(22)30(28(24)33)19-27(32)35-4-2/h5-13,23-24,29H,3-4,14-20H2,1-2H3/t23-,24-/m1/s1. The molecule has 3 rings (SSSR count). The molecule has 2 aromatic carbocycles. The lowest BCUT2D eigenvalue weighted by atomic mass is 10.0. The Hall–Kier alpha value is -2.84. The van der Waals surface area contributed by atoms with Crippen molar-refractivity contribution in [3.05, 3.63) is 65.7 Å². The number of thioether (sulfide) groups is 1. The van der Waals surface area contributed by atoms with Crippen LogP contribution in [-0.2, 0) is 36.7 Å². The Morgan fingerprint density at radius 2 is 1.72 bits per heavy atom. The highest BCUT2D eigenvalue weighted by molar-refractivity contribution is 7.99. The maximum absolute atomic E-state index is 13.6. The summed E-state index contributed by atoms with van der Waals surface area (Å²) in [6, 6.07) is 17.2. The third kappa shape index (κ3) is 8.38. The van der Waals surface area contributed by atoms with Crippen LogP contribution in [0.15, 0.2) is 54.6 Å². The van der Waals surface area contributed by atoms with Gasteiger partial charge in [0.2, 0.25) is 5.91 Å². The van der Waals surface area contributed by atoms with Gasteiger partial charge in [-0.25, -0.2) is 0 Å². The Bertz CT molecular complexity index is 1000. The van der Waals surface area contributed by atoms with E-state index in [2.05, 4.69) is 17.4 Å². The van der Waals surface area contributed by atoms with E-state index in [1.54, 1.807) is 25.6 Å². The third-order valence-corrected chi connectivity index (χ3v) is 7.12. The molecule has 0 aliphatic carbocycles. The molecule has 36 heavy (non-hydrogen) atoms. The molecule has 0 unspecified atom stereocenters. The Morgan fingerprint density at radius 3 is 2.47 bits per heavy atom. The zero-order valence-electron chi connectivity index (χ0n) is 21.1. The van der Waals surface area contributed by atoms with Gasteiger partial charge in [0, 0.05) is 17.5 Å². The minimum absolute atomic E-state index is 0.143. The normalized spacial score (nSPS) is 16.1. The number of carbonyl (C=O) groups excluding carboxylic acids is 3. The third-order valence-electron chi connectivity index (χ3n) is 5.99. The van der Waals surface area contributed by atoms with Gasteiger partial charge in [0.15, 0.2) is 0 Å². The van der Waals surface area contributed by atoms with Crippen LogP contribution in [0.4, 0.5) is 5.69 Å². The van der Waals surface area contributed by atoms with Crippen LogP contribution in [0.1, 0.15) is 37.8 Å². The largest absolute Gasteiger partial charge is 0.466 e. The van der Waals surface area contributed by atoms with Crippen LogP contribution in [0.5, 0.6) is 0 Å². The van der Waals surface area contributed by atoms with E-state index in [9.17, 15) is 14.4 Å². The molecule has 0 aromatic heterocycles. The van der Waals surface area contributed by atoms with Crippen molar-refractivity contribution in [2.75, 3.05) is 36.2 Å². The fraction of sp³-hybridized carbons (Fsp3) is 0.464. The molecule has 1 aliphatic rings. The quantitative estimate of drug-likeness (QED) is 0.323. The molecule has 1 aliphatic heterocycles. The van der Waals surface area contributed by atoms with E-state index in [4.69, 9.17) is 9.47 Å². The minimum Gasteiger partial charge on any atom is -0.466 e. The highest BCUT2D eigenvalue weighted by Gasteiger charge is 2.33. The minimum atomic E-state index is -0.527. The van der Waals surface area contributed by atoms with Crippen LogP contribution in [0.25, 0.3) is 0 Å². The Balaban J connectivity index is 1.70. The van der Waals surface area contributed by atoms with Crippen molar-refractivity contribution in [1.29, 1.82) is 0 Å². The lowest BCUT2D eigenvalue weighted by Crippen LogP contribution is -2.52. The van der Waals surface area contributed by atoms with Crippen molar-refractivity contribution in [2.24, 2.45) is 0 Å². The molecular formula is C28H36N2O5S. The van der Waals surface area contributed by atoms with Crippen molar-refractivity contribution in [1.82, 2.24) is 5.32 Å². The average molecular weight is 513 g/mol. The number of nitrogens with one attached hydrogen (secondary N) is 1. The van der Waals surface area contributed by atoms with E-state index in [1.807, 2.05) is 42.5 Å². The van der Waals surface area contributed by atoms with Gasteiger partial charge < -0.3 is 14.8 Å². The molecule has 0 bridgehead atoms. The first-order valence-corrected chi connectivity index (χ1v) is 13.8. The van der Waals surface area contributed by atoms with Gasteiger partial charge in [-0.15, -0.1) is 0 Å². The molecule has 0 fully saturated rings. The summed E-state index contributed by atoms with van der Waals surface area (Å²) in [5.74, 6) is 0.660. The molecule has 8 heteroatoms. The van der Waals surface area contributed by atoms with Gasteiger partial charge in [-0.05, 0) is 56.1 Å². The van der Waals surface area contributed by atoms with Gasteiger partial charge in [-0.2, -0.15) is 11.8 Å². The van der Waals surface area contributed by atoms with Crippen LogP contribution in [0, 0.1) is 0 Å². The summed E-state index contributed by atoms with van der Waals surface area (Å²) in [7, 11) is 0. The Morgan fingerprint density at radius 1 is 1.03 bits per heavy atom. The molecule has 0 spiro atoms. The summed E-state index contributed by atoms with van der Waals surface area (Å²) in [5, 5.41) is 3.44. The maximum Gasteiger partial charge on any atom is 0.326 e. The van der Waals surface area contributed by atoms with Gasteiger partial charge in [0.05, 0.1) is 25.7 Å². The van der Waals surface area contributed by atoms with Gasteiger partial charge in [0.1, 0.15) is 6.54 Å². The predicted molar refractivity (Wildman–Crippen MR) is 143 cm³/mol. The van der Waals surface area contributed by atoms with Crippen LogP contribution in [-0.4, -0.2) is 61.2 Å². The van der Waals surface area contributed by atoms with E-state index in [0.717, 1.165) is 23.4 Å². The van der Waals surface area contributed by atoms with E-state index in [0.29, 0.717) is 25.2 Å². The zero-order chi connectivity index (χ0) is 25.8. The number of esters is 2. The summed E-state index contributed by atoms with van der Waals surface area (Å²) in [4.78, 5) is 39.8. The summed E-state index contributed by atoms with van der Waals surface area (Å²) >= 11 is 1.75. The molecular weight excluding hydrogens is 476 g/mol. The van der Waals surface area contributed by atoms with Gasteiger partial charge in [-0.3, -0.25) is 19.3 Å². The monoisotopic (exact) mass is 512 g/mol. The van der Waals surface area contributed by atoms with Crippen LogP contribution >= 0.6 is 11.8 Å². The van der Waals surface area contributed by atoms with E-state index in [-0.39, 0.29) is 37.5 Å². The number of para-hydroxylation sites is 1. The molecule has 1 N–H and O–H groups in total. The lowest BCUT2D eigenvalue weighted by molar-refractivity contribution is -0.143. The highest BCUT2D eigenvalue weighted by Crippen LogP contribution is 2.27. The topological polar surface area (TPSA) is 84.9 Å². The smallest absolute Gasteiger partial charge is 0.326 e. The summed E-state index contributed by atoms with van der Waals surface area (Å²) in [6.07, 6.45) is 2.37.